The minimum atomic E-state index is -0.917. The molecule has 1 aliphatic rings. The van der Waals surface area contributed by atoms with Crippen LogP contribution in [0.15, 0.2) is 36.5 Å². The molecule has 3 rings (SSSR count). The number of rotatable bonds is 5. The predicted octanol–water partition coefficient (Wildman–Crippen LogP) is 1.97. The molecule has 0 radical (unpaired) electrons. The van der Waals surface area contributed by atoms with Crippen LogP contribution in [0.25, 0.3) is 0 Å². The molecule has 2 heterocycles. The summed E-state index contributed by atoms with van der Waals surface area (Å²) in [6.07, 6.45) is 3.50. The maximum absolute atomic E-state index is 13.2. The first-order valence-electron chi connectivity index (χ1n) is 7.84. The van der Waals surface area contributed by atoms with E-state index in [9.17, 15) is 9.50 Å². The number of ether oxygens (including phenoxy) is 1. The van der Waals surface area contributed by atoms with E-state index >= 15 is 0 Å². The Bertz CT molecular complexity index is 661. The molecular formula is C17H22FN3O2. The van der Waals surface area contributed by atoms with E-state index < -0.39 is 5.60 Å². The number of benzene rings is 1. The summed E-state index contributed by atoms with van der Waals surface area (Å²) in [5.41, 5.74) is 0.0714. The molecule has 1 fully saturated rings. The van der Waals surface area contributed by atoms with Crippen molar-refractivity contribution in [3.05, 3.63) is 48.0 Å². The number of aromatic nitrogens is 2. The summed E-state index contributed by atoms with van der Waals surface area (Å²) in [5.74, 6) is 0.107. The van der Waals surface area contributed by atoms with Gasteiger partial charge in [-0.25, -0.2) is 4.39 Å². The van der Waals surface area contributed by atoms with Crippen molar-refractivity contribution in [1.29, 1.82) is 0 Å². The van der Waals surface area contributed by atoms with Gasteiger partial charge in [0, 0.05) is 32.4 Å². The van der Waals surface area contributed by atoms with Crippen LogP contribution in [-0.2, 0) is 13.6 Å². The predicted molar refractivity (Wildman–Crippen MR) is 84.6 cm³/mol. The van der Waals surface area contributed by atoms with E-state index in [4.69, 9.17) is 4.74 Å². The molecular weight excluding hydrogens is 297 g/mol. The molecule has 1 aliphatic heterocycles. The Labute approximate surface area is 135 Å². The van der Waals surface area contributed by atoms with Crippen LogP contribution < -0.4 is 4.74 Å². The number of nitrogens with zero attached hydrogens (tertiary/aromatic N) is 3. The van der Waals surface area contributed by atoms with Gasteiger partial charge in [-0.3, -0.25) is 9.58 Å². The Balaban J connectivity index is 1.57. The fourth-order valence-corrected chi connectivity index (χ4v) is 3.01. The van der Waals surface area contributed by atoms with Crippen molar-refractivity contribution in [1.82, 2.24) is 14.7 Å². The summed E-state index contributed by atoms with van der Waals surface area (Å²) in [5, 5.41) is 15.1. The zero-order chi connectivity index (χ0) is 16.3. The molecule has 1 unspecified atom stereocenters. The number of piperidine rings is 1. The first-order chi connectivity index (χ1) is 11.0. The summed E-state index contributed by atoms with van der Waals surface area (Å²) >= 11 is 0. The van der Waals surface area contributed by atoms with E-state index in [1.54, 1.807) is 16.8 Å². The van der Waals surface area contributed by atoms with Crippen LogP contribution in [0.1, 0.15) is 18.5 Å². The van der Waals surface area contributed by atoms with Crippen LogP contribution in [0.2, 0.25) is 0 Å². The zero-order valence-electron chi connectivity index (χ0n) is 13.3. The maximum atomic E-state index is 13.2. The third-order valence-electron chi connectivity index (χ3n) is 4.09. The zero-order valence-corrected chi connectivity index (χ0v) is 13.3. The molecule has 0 spiro atoms. The quantitative estimate of drug-likeness (QED) is 0.915. The average Bonchev–Trinajstić information content (AvgIpc) is 2.91. The SMILES string of the molecule is Cn1ccc(CN2CCCC(O)(COc3cccc(F)c3)C2)n1. The maximum Gasteiger partial charge on any atom is 0.126 e. The summed E-state index contributed by atoms with van der Waals surface area (Å²) in [6.45, 7) is 2.33. The van der Waals surface area contributed by atoms with Crippen LogP contribution in [0, 0.1) is 5.82 Å². The molecule has 1 N–H and O–H groups in total. The molecule has 5 nitrogen and oxygen atoms in total. The lowest BCUT2D eigenvalue weighted by Crippen LogP contribution is -2.51. The van der Waals surface area contributed by atoms with Gasteiger partial charge in [-0.05, 0) is 37.6 Å². The van der Waals surface area contributed by atoms with Crippen LogP contribution in [0.3, 0.4) is 0 Å². The van der Waals surface area contributed by atoms with E-state index in [2.05, 4.69) is 10.00 Å². The average molecular weight is 319 g/mol. The molecule has 0 saturated carbocycles. The van der Waals surface area contributed by atoms with Crippen molar-refractivity contribution in [3.63, 3.8) is 0 Å². The van der Waals surface area contributed by atoms with Crippen LogP contribution in [0.5, 0.6) is 5.75 Å². The van der Waals surface area contributed by atoms with Gasteiger partial charge < -0.3 is 9.84 Å². The first kappa shape index (κ1) is 16.0. The number of hydrogen-bond donors (Lipinski definition) is 1. The van der Waals surface area contributed by atoms with Gasteiger partial charge in [-0.15, -0.1) is 0 Å². The lowest BCUT2D eigenvalue weighted by molar-refractivity contribution is -0.0624. The molecule has 0 bridgehead atoms. The topological polar surface area (TPSA) is 50.5 Å². The van der Waals surface area contributed by atoms with Gasteiger partial charge in [0.15, 0.2) is 0 Å². The number of aliphatic hydroxyl groups is 1. The standard InChI is InChI=1S/C17H22FN3O2/c1-20-9-6-15(19-20)11-21-8-3-7-17(22,12-21)13-23-16-5-2-4-14(18)10-16/h2,4-6,9-10,22H,3,7-8,11-13H2,1H3. The van der Waals surface area contributed by atoms with Gasteiger partial charge in [0.1, 0.15) is 23.8 Å². The molecule has 23 heavy (non-hydrogen) atoms. The minimum absolute atomic E-state index is 0.162. The van der Waals surface area contributed by atoms with Crippen molar-refractivity contribution in [3.8, 4) is 5.75 Å². The molecule has 1 atom stereocenters. The van der Waals surface area contributed by atoms with Crippen LogP contribution in [0.4, 0.5) is 4.39 Å². The van der Waals surface area contributed by atoms with Gasteiger partial charge in [0.2, 0.25) is 0 Å². The summed E-state index contributed by atoms with van der Waals surface area (Å²) in [4.78, 5) is 2.18. The lowest BCUT2D eigenvalue weighted by atomic mass is 9.93. The molecule has 124 valence electrons. The van der Waals surface area contributed by atoms with Crippen molar-refractivity contribution in [2.45, 2.75) is 25.0 Å². The Kier molecular flexibility index (Phi) is 4.63. The van der Waals surface area contributed by atoms with Crippen LogP contribution >= 0.6 is 0 Å². The Morgan fingerprint density at radius 1 is 1.39 bits per heavy atom. The van der Waals surface area contributed by atoms with Gasteiger partial charge in [-0.2, -0.15) is 5.10 Å². The second-order valence-electron chi connectivity index (χ2n) is 6.27. The largest absolute Gasteiger partial charge is 0.490 e. The number of aryl methyl sites for hydroxylation is 1. The second kappa shape index (κ2) is 6.68. The number of halogens is 1. The highest BCUT2D eigenvalue weighted by molar-refractivity contribution is 5.22. The van der Waals surface area contributed by atoms with E-state index in [-0.39, 0.29) is 12.4 Å². The molecule has 0 amide bonds. The normalized spacial score (nSPS) is 22.2. The Hall–Kier alpha value is -1.92. The van der Waals surface area contributed by atoms with Crippen molar-refractivity contribution in [2.75, 3.05) is 19.7 Å². The number of likely N-dealkylation sites (tertiary alicyclic amines) is 1. The third-order valence-corrected chi connectivity index (χ3v) is 4.09. The summed E-state index contributed by atoms with van der Waals surface area (Å²) < 4.78 is 20.5. The number of hydrogen-bond acceptors (Lipinski definition) is 4. The second-order valence-corrected chi connectivity index (χ2v) is 6.27. The van der Waals surface area contributed by atoms with E-state index in [0.717, 1.165) is 18.7 Å². The fourth-order valence-electron chi connectivity index (χ4n) is 3.01. The van der Waals surface area contributed by atoms with Gasteiger partial charge in [-0.1, -0.05) is 6.07 Å². The molecule has 2 aromatic rings. The Morgan fingerprint density at radius 3 is 3.00 bits per heavy atom. The number of β-amino-alcohol motifs (C(OH)–C–C–N with tert-alkyl or cyclic N) is 1. The molecule has 1 aromatic heterocycles. The highest BCUT2D eigenvalue weighted by atomic mass is 19.1. The minimum Gasteiger partial charge on any atom is -0.490 e. The van der Waals surface area contributed by atoms with Gasteiger partial charge in [0.05, 0.1) is 5.69 Å². The Morgan fingerprint density at radius 2 is 2.26 bits per heavy atom. The molecule has 1 aromatic carbocycles. The summed E-state index contributed by atoms with van der Waals surface area (Å²) in [7, 11) is 1.89. The fraction of sp³-hybridized carbons (Fsp3) is 0.471. The highest BCUT2D eigenvalue weighted by Gasteiger charge is 2.34. The van der Waals surface area contributed by atoms with E-state index in [0.29, 0.717) is 25.3 Å². The van der Waals surface area contributed by atoms with Crippen molar-refractivity contribution in [2.24, 2.45) is 7.05 Å². The van der Waals surface area contributed by atoms with Gasteiger partial charge in [0.25, 0.3) is 0 Å². The molecule has 0 aliphatic carbocycles. The monoisotopic (exact) mass is 319 g/mol. The van der Waals surface area contributed by atoms with E-state index in [1.807, 2.05) is 19.3 Å². The lowest BCUT2D eigenvalue weighted by Gasteiger charge is -2.38. The van der Waals surface area contributed by atoms with E-state index in [1.165, 1.54) is 12.1 Å². The molecule has 6 heteroatoms. The summed E-state index contributed by atoms with van der Waals surface area (Å²) in [6, 6.07) is 7.98. The highest BCUT2D eigenvalue weighted by Crippen LogP contribution is 2.24. The van der Waals surface area contributed by atoms with Crippen LogP contribution in [-0.4, -0.2) is 45.1 Å². The van der Waals surface area contributed by atoms with Crippen molar-refractivity contribution < 1.29 is 14.2 Å². The third kappa shape index (κ3) is 4.30. The first-order valence-corrected chi connectivity index (χ1v) is 7.84. The van der Waals surface area contributed by atoms with Gasteiger partial charge >= 0.3 is 0 Å². The van der Waals surface area contributed by atoms with Crippen molar-refractivity contribution >= 4 is 0 Å². The molecule has 1 saturated heterocycles. The smallest absolute Gasteiger partial charge is 0.126 e.